The number of rotatable bonds is 7. The Morgan fingerprint density at radius 3 is 2.35 bits per heavy atom. The Labute approximate surface area is 126 Å². The lowest BCUT2D eigenvalue weighted by Crippen LogP contribution is -2.28. The van der Waals surface area contributed by atoms with Crippen LogP contribution < -0.4 is 5.32 Å². The zero-order valence-electron chi connectivity index (χ0n) is 11.8. The number of hydrogen-bond donors (Lipinski definition) is 1. The third-order valence-electron chi connectivity index (χ3n) is 3.30. The number of nitrogens with one attached hydrogen (secondary N) is 1. The molecule has 0 unspecified atom stereocenters. The van der Waals surface area contributed by atoms with Crippen molar-refractivity contribution >= 4 is 17.3 Å². The molecule has 2 rings (SSSR count). The van der Waals surface area contributed by atoms with Gasteiger partial charge in [-0.15, -0.1) is 0 Å². The molecule has 0 fully saturated rings. The zero-order chi connectivity index (χ0) is 14.2. The molecule has 1 N–H and O–H groups in total. The minimum Gasteiger partial charge on any atom is -0.384 e. The minimum absolute atomic E-state index is 0.773. The van der Waals surface area contributed by atoms with Gasteiger partial charge >= 0.3 is 0 Å². The van der Waals surface area contributed by atoms with E-state index in [1.54, 1.807) is 0 Å². The molecule has 0 spiro atoms. The highest BCUT2D eigenvalue weighted by Crippen LogP contribution is 2.13. The average molecular weight is 289 g/mol. The van der Waals surface area contributed by atoms with Crippen LogP contribution in [0.2, 0.25) is 5.02 Å². The highest BCUT2D eigenvalue weighted by atomic mass is 35.5. The van der Waals surface area contributed by atoms with Crippen LogP contribution in [-0.4, -0.2) is 24.5 Å². The molecule has 0 aliphatic heterocycles. The van der Waals surface area contributed by atoms with Crippen molar-refractivity contribution in [3.8, 4) is 0 Å². The number of benzene rings is 2. The molecule has 0 saturated heterocycles. The first kappa shape index (κ1) is 14.9. The molecule has 2 nitrogen and oxygen atoms in total. The molecule has 0 heterocycles. The molecule has 2 aromatic rings. The van der Waals surface area contributed by atoms with Gasteiger partial charge in [-0.1, -0.05) is 48.9 Å². The summed E-state index contributed by atoms with van der Waals surface area (Å²) in [4.78, 5) is 2.43. The van der Waals surface area contributed by atoms with Gasteiger partial charge in [0, 0.05) is 30.3 Å². The Hall–Kier alpha value is -1.51. The van der Waals surface area contributed by atoms with Crippen LogP contribution >= 0.6 is 11.6 Å². The summed E-state index contributed by atoms with van der Waals surface area (Å²) in [5.74, 6) is 0. The van der Waals surface area contributed by atoms with Gasteiger partial charge in [-0.05, 0) is 36.4 Å². The fourth-order valence-electron chi connectivity index (χ4n) is 2.12. The average Bonchev–Trinajstić information content (AvgIpc) is 2.49. The Bertz CT molecular complexity index is 496. The molecule has 0 atom stereocenters. The van der Waals surface area contributed by atoms with Gasteiger partial charge in [-0.3, -0.25) is 4.90 Å². The van der Waals surface area contributed by atoms with E-state index < -0.39 is 0 Å². The Balaban J connectivity index is 1.78. The lowest BCUT2D eigenvalue weighted by atomic mass is 10.2. The van der Waals surface area contributed by atoms with Crippen molar-refractivity contribution in [2.75, 3.05) is 25.0 Å². The molecule has 2 aromatic carbocycles. The molecular weight excluding hydrogens is 268 g/mol. The topological polar surface area (TPSA) is 15.3 Å². The van der Waals surface area contributed by atoms with Gasteiger partial charge in [-0.2, -0.15) is 0 Å². The number of anilines is 1. The smallest absolute Gasteiger partial charge is 0.0407 e. The molecule has 0 aliphatic rings. The van der Waals surface area contributed by atoms with Crippen LogP contribution in [0.15, 0.2) is 54.6 Å². The summed E-state index contributed by atoms with van der Waals surface area (Å²) >= 11 is 5.87. The zero-order valence-corrected chi connectivity index (χ0v) is 12.6. The summed E-state index contributed by atoms with van der Waals surface area (Å²) in [6.07, 6.45) is 0. The molecule has 0 saturated carbocycles. The first-order valence-corrected chi connectivity index (χ1v) is 7.41. The van der Waals surface area contributed by atoms with E-state index in [-0.39, 0.29) is 0 Å². The lowest BCUT2D eigenvalue weighted by molar-refractivity contribution is 0.291. The summed E-state index contributed by atoms with van der Waals surface area (Å²) in [5, 5.41) is 4.20. The summed E-state index contributed by atoms with van der Waals surface area (Å²) in [7, 11) is 0. The number of likely N-dealkylation sites (N-methyl/N-ethyl adjacent to an activating group) is 1. The van der Waals surface area contributed by atoms with E-state index >= 15 is 0 Å². The maximum absolute atomic E-state index is 5.87. The second-order valence-electron chi connectivity index (χ2n) is 4.79. The van der Waals surface area contributed by atoms with E-state index in [0.717, 1.165) is 36.9 Å². The number of nitrogens with zero attached hydrogens (tertiary/aromatic N) is 1. The Morgan fingerprint density at radius 1 is 1.00 bits per heavy atom. The largest absolute Gasteiger partial charge is 0.384 e. The van der Waals surface area contributed by atoms with Gasteiger partial charge in [0.2, 0.25) is 0 Å². The van der Waals surface area contributed by atoms with Crippen molar-refractivity contribution in [3.05, 3.63) is 65.2 Å². The fraction of sp³-hybridized carbons (Fsp3) is 0.294. The molecule has 0 aromatic heterocycles. The second-order valence-corrected chi connectivity index (χ2v) is 5.22. The maximum Gasteiger partial charge on any atom is 0.0407 e. The van der Waals surface area contributed by atoms with Gasteiger partial charge in [0.1, 0.15) is 0 Å². The summed E-state index contributed by atoms with van der Waals surface area (Å²) in [6.45, 7) is 6.21. The third-order valence-corrected chi connectivity index (χ3v) is 3.55. The van der Waals surface area contributed by atoms with Crippen molar-refractivity contribution < 1.29 is 0 Å². The van der Waals surface area contributed by atoms with Crippen molar-refractivity contribution in [1.29, 1.82) is 0 Å². The molecule has 0 radical (unpaired) electrons. The van der Waals surface area contributed by atoms with Gasteiger partial charge in [0.05, 0.1) is 0 Å². The van der Waals surface area contributed by atoms with Gasteiger partial charge in [0.25, 0.3) is 0 Å². The molecule has 20 heavy (non-hydrogen) atoms. The van der Waals surface area contributed by atoms with Gasteiger partial charge < -0.3 is 5.32 Å². The van der Waals surface area contributed by atoms with E-state index in [1.165, 1.54) is 5.56 Å². The summed E-state index contributed by atoms with van der Waals surface area (Å²) < 4.78 is 0. The van der Waals surface area contributed by atoms with Gasteiger partial charge in [-0.25, -0.2) is 0 Å². The molecule has 0 aliphatic carbocycles. The molecular formula is C17H21ClN2. The van der Waals surface area contributed by atoms with Crippen LogP contribution in [-0.2, 0) is 6.54 Å². The standard InChI is InChI=1S/C17H21ClN2/c1-2-20(14-15-6-4-3-5-7-15)13-12-19-17-10-8-16(18)9-11-17/h3-11,19H,2,12-14H2,1H3. The minimum atomic E-state index is 0.773. The summed E-state index contributed by atoms with van der Waals surface area (Å²) in [6, 6.07) is 18.4. The molecule has 0 amide bonds. The van der Waals surface area contributed by atoms with E-state index in [0.29, 0.717) is 0 Å². The van der Waals surface area contributed by atoms with Crippen LogP contribution in [0, 0.1) is 0 Å². The maximum atomic E-state index is 5.87. The van der Waals surface area contributed by atoms with Crippen molar-refractivity contribution in [3.63, 3.8) is 0 Å². The van der Waals surface area contributed by atoms with Crippen LogP contribution in [0.5, 0.6) is 0 Å². The Morgan fingerprint density at radius 2 is 1.70 bits per heavy atom. The molecule has 106 valence electrons. The van der Waals surface area contributed by atoms with E-state index in [1.807, 2.05) is 24.3 Å². The van der Waals surface area contributed by atoms with Gasteiger partial charge in [0.15, 0.2) is 0 Å². The van der Waals surface area contributed by atoms with E-state index in [2.05, 4.69) is 47.5 Å². The Kier molecular flexibility index (Phi) is 5.90. The van der Waals surface area contributed by atoms with E-state index in [4.69, 9.17) is 11.6 Å². The predicted molar refractivity (Wildman–Crippen MR) is 87.3 cm³/mol. The van der Waals surface area contributed by atoms with Crippen LogP contribution in [0.3, 0.4) is 0 Å². The summed E-state index contributed by atoms with van der Waals surface area (Å²) in [5.41, 5.74) is 2.48. The molecule has 0 bridgehead atoms. The van der Waals surface area contributed by atoms with Crippen LogP contribution in [0.25, 0.3) is 0 Å². The highest BCUT2D eigenvalue weighted by Gasteiger charge is 2.03. The second kappa shape index (κ2) is 7.93. The van der Waals surface area contributed by atoms with Crippen molar-refractivity contribution in [2.45, 2.75) is 13.5 Å². The predicted octanol–water partition coefficient (Wildman–Crippen LogP) is 4.27. The number of halogens is 1. The van der Waals surface area contributed by atoms with Crippen molar-refractivity contribution in [1.82, 2.24) is 4.90 Å². The first-order chi connectivity index (χ1) is 9.78. The number of hydrogen-bond acceptors (Lipinski definition) is 2. The fourth-order valence-corrected chi connectivity index (χ4v) is 2.24. The highest BCUT2D eigenvalue weighted by molar-refractivity contribution is 6.30. The van der Waals surface area contributed by atoms with Crippen LogP contribution in [0.4, 0.5) is 5.69 Å². The normalized spacial score (nSPS) is 10.8. The third kappa shape index (κ3) is 4.87. The van der Waals surface area contributed by atoms with E-state index in [9.17, 15) is 0 Å². The van der Waals surface area contributed by atoms with Crippen LogP contribution in [0.1, 0.15) is 12.5 Å². The van der Waals surface area contributed by atoms with Crippen molar-refractivity contribution in [2.24, 2.45) is 0 Å². The monoisotopic (exact) mass is 288 g/mol. The lowest BCUT2D eigenvalue weighted by Gasteiger charge is -2.21. The quantitative estimate of drug-likeness (QED) is 0.818. The first-order valence-electron chi connectivity index (χ1n) is 7.03. The molecule has 3 heteroatoms. The SMILES string of the molecule is CCN(CCNc1ccc(Cl)cc1)Cc1ccccc1.